The van der Waals surface area contributed by atoms with Crippen molar-refractivity contribution in [3.63, 3.8) is 0 Å². The summed E-state index contributed by atoms with van der Waals surface area (Å²) in [6, 6.07) is 0. The van der Waals surface area contributed by atoms with Crippen molar-refractivity contribution < 1.29 is 23.9 Å². The first-order valence-electron chi connectivity index (χ1n) is 15.7. The van der Waals surface area contributed by atoms with Crippen molar-refractivity contribution in [3.8, 4) is 0 Å². The Kier molecular flexibility index (Phi) is 8.02. The number of hydrogen-bond donors (Lipinski definition) is 5. The number of carbonyl (C=O) groups excluding carboxylic acids is 3. The number of hydrogen-bond acceptors (Lipinski definition) is 7. The molecule has 8 bridgehead atoms. The van der Waals surface area contributed by atoms with Crippen molar-refractivity contribution in [2.24, 2.45) is 23.5 Å². The summed E-state index contributed by atoms with van der Waals surface area (Å²) in [7, 11) is 1.29. The molecule has 2 aliphatic heterocycles. The van der Waals surface area contributed by atoms with E-state index in [0.717, 1.165) is 62.2 Å². The summed E-state index contributed by atoms with van der Waals surface area (Å²) in [6.07, 6.45) is 9.46. The van der Waals surface area contributed by atoms with Crippen LogP contribution < -0.4 is 21.7 Å². The van der Waals surface area contributed by atoms with Gasteiger partial charge in [-0.1, -0.05) is 26.5 Å². The van der Waals surface area contributed by atoms with Crippen LogP contribution in [-0.2, 0) is 25.5 Å². The number of Topliss-reactive ketones (excluding diaryl/α,β-unsaturated/α-hetero) is 1. The van der Waals surface area contributed by atoms with E-state index in [1.165, 1.54) is 12.7 Å². The number of allylic oxidation sites excluding steroid dienone is 2. The van der Waals surface area contributed by atoms with Crippen LogP contribution in [0.4, 0.5) is 0 Å². The first kappa shape index (κ1) is 31.2. The third kappa shape index (κ3) is 4.79. The molecule has 3 aromatic heterocycles. The van der Waals surface area contributed by atoms with Gasteiger partial charge in [0.2, 0.25) is 0 Å². The predicted octanol–water partition coefficient (Wildman–Crippen LogP) is 3.61. The van der Waals surface area contributed by atoms with Crippen LogP contribution in [0.2, 0.25) is 0 Å². The molecule has 5 heterocycles. The number of H-pyrrole nitrogens is 3. The number of methoxy groups -OCH3 is 1. The van der Waals surface area contributed by atoms with Crippen molar-refractivity contribution in [1.82, 2.24) is 20.3 Å². The molecule has 0 unspecified atom stereocenters. The van der Waals surface area contributed by atoms with Gasteiger partial charge in [0.05, 0.1) is 12.8 Å². The van der Waals surface area contributed by atoms with E-state index in [4.69, 9.17) is 15.2 Å². The molecule has 1 fully saturated rings. The lowest BCUT2D eigenvalue weighted by atomic mass is 9.85. The van der Waals surface area contributed by atoms with Crippen molar-refractivity contribution in [3.05, 3.63) is 84.8 Å². The predicted molar refractivity (Wildman–Crippen MR) is 177 cm³/mol. The van der Waals surface area contributed by atoms with Crippen molar-refractivity contribution in [1.29, 1.82) is 0 Å². The summed E-state index contributed by atoms with van der Waals surface area (Å²) in [5.74, 6) is -2.80. The lowest BCUT2D eigenvalue weighted by Gasteiger charge is -2.19. The highest BCUT2D eigenvalue weighted by atomic mass is 16.5. The van der Waals surface area contributed by atoms with E-state index < -0.39 is 17.9 Å². The molecular formula is C36H41N5O5. The van der Waals surface area contributed by atoms with Crippen molar-refractivity contribution >= 4 is 47.6 Å². The molecule has 10 nitrogen and oxygen atoms in total. The summed E-state index contributed by atoms with van der Waals surface area (Å²) < 4.78 is 10.2. The lowest BCUT2D eigenvalue weighted by Crippen LogP contribution is -2.25. The number of aromatic nitrogens is 3. The SMILES string of the molecule is C=Cc1c2[nH]c(c1C)/C=C1\N/C(=C3\c4[nH]c(c(C)c4C(=O)[C@@H]3C(=O)OC)/C=c3\[nH]/c(c(C)c3CC)=C\2)[C@@H](CCC(=O)OCN)[C@@H]1C. The number of ether oxygens (including phenoxy) is 2. The number of fused-ring (bicyclic) bond motifs is 7. The summed E-state index contributed by atoms with van der Waals surface area (Å²) in [5, 5.41) is 5.54. The monoisotopic (exact) mass is 623 g/mol. The van der Waals surface area contributed by atoms with E-state index in [1.54, 1.807) is 0 Å². The molecule has 0 radical (unpaired) electrons. The number of carbonyl (C=O) groups is 3. The van der Waals surface area contributed by atoms with Gasteiger partial charge in [-0.15, -0.1) is 0 Å². The van der Waals surface area contributed by atoms with Crippen LogP contribution in [-0.4, -0.2) is 46.5 Å². The van der Waals surface area contributed by atoms with E-state index >= 15 is 0 Å². The number of nitrogens with two attached hydrogens (primary N) is 1. The number of ketones is 1. The fraction of sp³-hybridized carbons (Fsp3) is 0.361. The second kappa shape index (κ2) is 11.8. The summed E-state index contributed by atoms with van der Waals surface area (Å²) in [6.45, 7) is 14.2. The van der Waals surface area contributed by atoms with E-state index in [0.29, 0.717) is 28.9 Å². The Morgan fingerprint density at radius 2 is 1.72 bits per heavy atom. The minimum atomic E-state index is -1.14. The molecule has 0 amide bonds. The van der Waals surface area contributed by atoms with Crippen LogP contribution in [0.5, 0.6) is 0 Å². The largest absolute Gasteiger partial charge is 0.468 e. The third-order valence-corrected chi connectivity index (χ3v) is 9.98. The Morgan fingerprint density at radius 3 is 2.39 bits per heavy atom. The van der Waals surface area contributed by atoms with Gasteiger partial charge in [-0.3, -0.25) is 20.1 Å². The van der Waals surface area contributed by atoms with Crippen LogP contribution in [0.15, 0.2) is 18.0 Å². The average molecular weight is 624 g/mol. The average Bonchev–Trinajstić information content (AvgIpc) is 3.77. The Morgan fingerprint density at radius 1 is 1.00 bits per heavy atom. The van der Waals surface area contributed by atoms with Gasteiger partial charge in [-0.2, -0.15) is 0 Å². The maximum absolute atomic E-state index is 14.1. The highest BCUT2D eigenvalue weighted by Crippen LogP contribution is 2.48. The Bertz CT molecular complexity index is 2000. The Hall–Kier alpha value is -4.83. The number of nitrogens with one attached hydrogen (secondary N) is 4. The molecule has 3 atom stereocenters. The van der Waals surface area contributed by atoms with Gasteiger partial charge in [-0.25, -0.2) is 0 Å². The molecule has 0 saturated carbocycles. The topological polar surface area (TPSA) is 155 Å². The molecule has 6 rings (SSSR count). The van der Waals surface area contributed by atoms with Gasteiger partial charge in [0.25, 0.3) is 0 Å². The molecule has 0 aromatic carbocycles. The van der Waals surface area contributed by atoms with Crippen LogP contribution in [0.3, 0.4) is 0 Å². The minimum Gasteiger partial charge on any atom is -0.468 e. The molecule has 3 aliphatic rings. The lowest BCUT2D eigenvalue weighted by molar-refractivity contribution is -0.144. The van der Waals surface area contributed by atoms with E-state index in [-0.39, 0.29) is 30.8 Å². The van der Waals surface area contributed by atoms with Crippen molar-refractivity contribution in [2.45, 2.75) is 53.9 Å². The zero-order chi connectivity index (χ0) is 33.0. The zero-order valence-electron chi connectivity index (χ0n) is 27.2. The first-order chi connectivity index (χ1) is 22.0. The smallest absolute Gasteiger partial charge is 0.321 e. The Balaban J connectivity index is 1.69. The highest BCUT2D eigenvalue weighted by Gasteiger charge is 2.48. The van der Waals surface area contributed by atoms with Gasteiger partial charge < -0.3 is 29.7 Å². The first-order valence-corrected chi connectivity index (χ1v) is 15.7. The minimum absolute atomic E-state index is 0.0920. The fourth-order valence-electron chi connectivity index (χ4n) is 7.44. The molecule has 0 spiro atoms. The zero-order valence-corrected chi connectivity index (χ0v) is 27.2. The molecule has 46 heavy (non-hydrogen) atoms. The second-order valence-corrected chi connectivity index (χ2v) is 12.3. The Labute approximate surface area is 267 Å². The summed E-state index contributed by atoms with van der Waals surface area (Å²) in [5.41, 5.74) is 16.5. The van der Waals surface area contributed by atoms with Crippen LogP contribution in [0, 0.1) is 38.5 Å². The molecular weight excluding hydrogens is 582 g/mol. The maximum atomic E-state index is 14.1. The van der Waals surface area contributed by atoms with E-state index in [1.807, 2.05) is 19.1 Å². The maximum Gasteiger partial charge on any atom is 0.321 e. The molecule has 240 valence electrons. The van der Waals surface area contributed by atoms with Crippen molar-refractivity contribution in [2.75, 3.05) is 13.8 Å². The molecule has 1 saturated heterocycles. The second-order valence-electron chi connectivity index (χ2n) is 12.3. The quantitative estimate of drug-likeness (QED) is 0.153. The van der Waals surface area contributed by atoms with E-state index in [9.17, 15) is 14.4 Å². The van der Waals surface area contributed by atoms with Gasteiger partial charge in [0.1, 0.15) is 12.6 Å². The van der Waals surface area contributed by atoms with Gasteiger partial charge >= 0.3 is 11.9 Å². The highest BCUT2D eigenvalue weighted by molar-refractivity contribution is 6.24. The van der Waals surface area contributed by atoms with Gasteiger partial charge in [-0.05, 0) is 74.1 Å². The number of esters is 2. The standard InChI is InChI=1S/C36H41N5O5/c1-8-20-16(3)23-12-25-18(5)22(10-11-29(42)46-15-37)33(40-25)31-32(36(44)45-7)35(43)30-19(6)26(41-34(30)31)14-28-21(9-2)17(4)24(39-28)13-27(20)38-23/h8,12-14,18,22,32,38-41H,1,9-11,15,37H2,2-7H3/b24-13-,25-12-,28-14-,33-31-/t18-,22-,32+/m0/s1. The van der Waals surface area contributed by atoms with Gasteiger partial charge in [0, 0.05) is 74.1 Å². The van der Waals surface area contributed by atoms with Crippen LogP contribution >= 0.6 is 0 Å². The summed E-state index contributed by atoms with van der Waals surface area (Å²) in [4.78, 5) is 50.6. The van der Waals surface area contributed by atoms with Gasteiger partial charge in [0.15, 0.2) is 5.78 Å². The molecule has 6 N–H and O–H groups in total. The molecule has 3 aromatic rings. The number of aromatic amines is 3. The molecule has 1 aliphatic carbocycles. The molecule has 10 heteroatoms. The third-order valence-electron chi connectivity index (χ3n) is 9.98. The summed E-state index contributed by atoms with van der Waals surface area (Å²) >= 11 is 0. The fourth-order valence-corrected chi connectivity index (χ4v) is 7.44. The van der Waals surface area contributed by atoms with Crippen LogP contribution in [0.1, 0.15) is 87.6 Å². The van der Waals surface area contributed by atoms with Crippen LogP contribution in [0.25, 0.3) is 29.9 Å². The number of rotatable bonds is 7. The normalized spacial score (nSPS) is 23.9. The van der Waals surface area contributed by atoms with E-state index in [2.05, 4.69) is 66.7 Å².